The molecule has 0 amide bonds. The molecule has 1 fully saturated rings. The van der Waals surface area contributed by atoms with E-state index in [1.165, 1.54) is 0 Å². The number of likely N-dealkylation sites (tertiary alicyclic amines) is 1. The van der Waals surface area contributed by atoms with Crippen LogP contribution in [0.15, 0.2) is 0 Å². The van der Waals surface area contributed by atoms with Crippen molar-refractivity contribution in [3.05, 3.63) is 0 Å². The Labute approximate surface area is 122 Å². The predicted molar refractivity (Wildman–Crippen MR) is 79.4 cm³/mol. The third-order valence-corrected chi connectivity index (χ3v) is 5.17. The van der Waals surface area contributed by atoms with Gasteiger partial charge in [0.05, 0.1) is 5.75 Å². The molecule has 1 heterocycles. The first kappa shape index (κ1) is 17.4. The van der Waals surface area contributed by atoms with Crippen LogP contribution in [0.3, 0.4) is 0 Å². The summed E-state index contributed by atoms with van der Waals surface area (Å²) in [4.78, 5) is 14.2. The molecular weight excluding hydrogens is 278 g/mol. The highest BCUT2D eigenvalue weighted by Gasteiger charge is 2.33. The summed E-state index contributed by atoms with van der Waals surface area (Å²) >= 11 is 0. The highest BCUT2D eigenvalue weighted by molar-refractivity contribution is 7.91. The van der Waals surface area contributed by atoms with E-state index in [9.17, 15) is 13.2 Å². The molecule has 1 atom stereocenters. The Bertz CT molecular complexity index is 425. The molecule has 6 heteroatoms. The molecule has 1 saturated heterocycles. The first-order valence-electron chi connectivity index (χ1n) is 7.32. The van der Waals surface area contributed by atoms with E-state index >= 15 is 0 Å². The van der Waals surface area contributed by atoms with Crippen molar-refractivity contribution in [2.24, 2.45) is 0 Å². The summed E-state index contributed by atoms with van der Waals surface area (Å²) in [6.45, 7) is 8.72. The fraction of sp³-hybridized carbons (Fsp3) is 0.929. The molecule has 118 valence electrons. The maximum absolute atomic E-state index is 12.1. The SMILES string of the molecule is CCS(=O)(=O)CCCN1CCC[C@@H]1C(=O)OC(C)(C)C. The predicted octanol–water partition coefficient (Wildman–Crippen LogP) is 1.62. The quantitative estimate of drug-likeness (QED) is 0.698. The molecule has 0 aromatic carbocycles. The maximum Gasteiger partial charge on any atom is 0.323 e. The second kappa shape index (κ2) is 6.89. The van der Waals surface area contributed by atoms with E-state index in [1.54, 1.807) is 6.92 Å². The minimum absolute atomic E-state index is 0.183. The molecule has 0 aliphatic carbocycles. The molecule has 0 bridgehead atoms. The van der Waals surface area contributed by atoms with Crippen LogP contribution in [-0.2, 0) is 19.4 Å². The van der Waals surface area contributed by atoms with Gasteiger partial charge in [-0.15, -0.1) is 0 Å². The van der Waals surface area contributed by atoms with Gasteiger partial charge in [-0.05, 0) is 53.1 Å². The number of rotatable bonds is 6. The molecule has 5 nitrogen and oxygen atoms in total. The van der Waals surface area contributed by atoms with Gasteiger partial charge in [-0.25, -0.2) is 8.42 Å². The molecule has 0 unspecified atom stereocenters. The Kier molecular flexibility index (Phi) is 6.01. The molecule has 1 rings (SSSR count). The largest absolute Gasteiger partial charge is 0.459 e. The number of nitrogens with zero attached hydrogens (tertiary/aromatic N) is 1. The monoisotopic (exact) mass is 305 g/mol. The van der Waals surface area contributed by atoms with Crippen molar-refractivity contribution in [3.63, 3.8) is 0 Å². The average Bonchev–Trinajstić information content (AvgIpc) is 2.75. The van der Waals surface area contributed by atoms with E-state index in [1.807, 2.05) is 20.8 Å². The summed E-state index contributed by atoms with van der Waals surface area (Å²) in [6.07, 6.45) is 2.34. The Morgan fingerprint density at radius 3 is 2.55 bits per heavy atom. The molecule has 0 N–H and O–H groups in total. The summed E-state index contributed by atoms with van der Waals surface area (Å²) < 4.78 is 28.4. The van der Waals surface area contributed by atoms with Gasteiger partial charge in [-0.1, -0.05) is 6.92 Å². The molecule has 0 aromatic rings. The molecule has 20 heavy (non-hydrogen) atoms. The first-order valence-corrected chi connectivity index (χ1v) is 9.14. The lowest BCUT2D eigenvalue weighted by atomic mass is 10.1. The van der Waals surface area contributed by atoms with Crippen molar-refractivity contribution in [1.82, 2.24) is 4.90 Å². The highest BCUT2D eigenvalue weighted by atomic mass is 32.2. The average molecular weight is 305 g/mol. The number of hydrogen-bond acceptors (Lipinski definition) is 5. The zero-order chi connectivity index (χ0) is 15.4. The van der Waals surface area contributed by atoms with Gasteiger partial charge in [0.15, 0.2) is 0 Å². The fourth-order valence-corrected chi connectivity index (χ4v) is 3.22. The van der Waals surface area contributed by atoms with Crippen molar-refractivity contribution < 1.29 is 17.9 Å². The van der Waals surface area contributed by atoms with Crippen LogP contribution < -0.4 is 0 Å². The van der Waals surface area contributed by atoms with Gasteiger partial charge in [0.25, 0.3) is 0 Å². The standard InChI is InChI=1S/C14H27NO4S/c1-5-20(17,18)11-7-10-15-9-6-8-12(15)13(16)19-14(2,3)4/h12H,5-11H2,1-4H3/t12-/m1/s1. The molecule has 0 radical (unpaired) electrons. The molecule has 0 spiro atoms. The van der Waals surface area contributed by atoms with Crippen molar-refractivity contribution in [3.8, 4) is 0 Å². The number of hydrogen-bond donors (Lipinski definition) is 0. The van der Waals surface area contributed by atoms with Crippen LogP contribution in [0.2, 0.25) is 0 Å². The lowest BCUT2D eigenvalue weighted by Crippen LogP contribution is -2.41. The van der Waals surface area contributed by atoms with E-state index in [0.717, 1.165) is 19.4 Å². The van der Waals surface area contributed by atoms with Crippen LogP contribution >= 0.6 is 0 Å². The maximum atomic E-state index is 12.1. The normalized spacial score (nSPS) is 21.1. The number of sulfone groups is 1. The minimum Gasteiger partial charge on any atom is -0.459 e. The Hall–Kier alpha value is -0.620. The topological polar surface area (TPSA) is 63.7 Å². The zero-order valence-electron chi connectivity index (χ0n) is 13.0. The lowest BCUT2D eigenvalue weighted by molar-refractivity contribution is -0.160. The third kappa shape index (κ3) is 5.79. The van der Waals surface area contributed by atoms with E-state index < -0.39 is 15.4 Å². The number of ether oxygens (including phenoxy) is 1. The third-order valence-electron chi connectivity index (χ3n) is 3.38. The summed E-state index contributed by atoms with van der Waals surface area (Å²) in [7, 11) is -2.92. The fourth-order valence-electron chi connectivity index (χ4n) is 2.36. The highest BCUT2D eigenvalue weighted by Crippen LogP contribution is 2.21. The Morgan fingerprint density at radius 1 is 1.35 bits per heavy atom. The van der Waals surface area contributed by atoms with Crippen LogP contribution in [-0.4, -0.2) is 55.5 Å². The van der Waals surface area contributed by atoms with Crippen molar-refractivity contribution in [2.75, 3.05) is 24.6 Å². The van der Waals surface area contributed by atoms with E-state index in [2.05, 4.69) is 4.90 Å². The van der Waals surface area contributed by atoms with E-state index in [-0.39, 0.29) is 23.5 Å². The molecule has 0 aromatic heterocycles. The molecule has 1 aliphatic rings. The summed E-state index contributed by atoms with van der Waals surface area (Å²) in [6, 6.07) is -0.210. The van der Waals surface area contributed by atoms with Gasteiger partial charge in [-0.2, -0.15) is 0 Å². The van der Waals surface area contributed by atoms with Crippen LogP contribution in [0.4, 0.5) is 0 Å². The van der Waals surface area contributed by atoms with Gasteiger partial charge < -0.3 is 4.74 Å². The van der Waals surface area contributed by atoms with Gasteiger partial charge in [0.2, 0.25) is 0 Å². The van der Waals surface area contributed by atoms with Crippen molar-refractivity contribution >= 4 is 15.8 Å². The first-order chi connectivity index (χ1) is 9.14. The Balaban J connectivity index is 2.47. The Morgan fingerprint density at radius 2 is 2.00 bits per heavy atom. The molecule has 1 aliphatic heterocycles. The minimum atomic E-state index is -2.92. The summed E-state index contributed by atoms with van der Waals surface area (Å²) in [5.74, 6) is 0.192. The van der Waals surface area contributed by atoms with E-state index in [4.69, 9.17) is 4.74 Å². The number of carbonyl (C=O) groups is 1. The lowest BCUT2D eigenvalue weighted by Gasteiger charge is -2.27. The van der Waals surface area contributed by atoms with Crippen molar-refractivity contribution in [2.45, 2.75) is 58.6 Å². The number of esters is 1. The van der Waals surface area contributed by atoms with E-state index in [0.29, 0.717) is 13.0 Å². The van der Waals surface area contributed by atoms with Gasteiger partial charge in [0.1, 0.15) is 21.5 Å². The molecule has 0 saturated carbocycles. The van der Waals surface area contributed by atoms with Gasteiger partial charge in [-0.3, -0.25) is 9.69 Å². The van der Waals surface area contributed by atoms with Gasteiger partial charge >= 0.3 is 5.97 Å². The van der Waals surface area contributed by atoms with Crippen LogP contribution in [0.1, 0.15) is 47.0 Å². The second-order valence-corrected chi connectivity index (χ2v) is 8.79. The zero-order valence-corrected chi connectivity index (χ0v) is 13.8. The van der Waals surface area contributed by atoms with Crippen LogP contribution in [0.5, 0.6) is 0 Å². The van der Waals surface area contributed by atoms with Crippen LogP contribution in [0, 0.1) is 0 Å². The van der Waals surface area contributed by atoms with Crippen molar-refractivity contribution in [1.29, 1.82) is 0 Å². The molecular formula is C14H27NO4S. The van der Waals surface area contributed by atoms with Crippen LogP contribution in [0.25, 0.3) is 0 Å². The summed E-state index contributed by atoms with van der Waals surface area (Å²) in [5.41, 5.74) is -0.475. The smallest absolute Gasteiger partial charge is 0.323 e. The number of carbonyl (C=O) groups excluding carboxylic acids is 1. The van der Waals surface area contributed by atoms with Gasteiger partial charge in [0, 0.05) is 5.75 Å². The summed E-state index contributed by atoms with van der Waals surface area (Å²) in [5, 5.41) is 0. The second-order valence-electron chi connectivity index (χ2n) is 6.32.